The molecule has 1 amide bonds. The maximum atomic E-state index is 14.1. The molecule has 0 aliphatic carbocycles. The minimum Gasteiger partial charge on any atom is -0.436 e. The number of halogens is 1. The van der Waals surface area contributed by atoms with E-state index in [-0.39, 0.29) is 39.6 Å². The number of hydrogen-bond acceptors (Lipinski definition) is 9. The van der Waals surface area contributed by atoms with Crippen LogP contribution < -0.4 is 15.0 Å². The lowest BCUT2D eigenvalue weighted by Gasteiger charge is -2.52. The quantitative estimate of drug-likeness (QED) is 0.138. The van der Waals surface area contributed by atoms with E-state index in [1.54, 1.807) is 4.90 Å². The van der Waals surface area contributed by atoms with E-state index in [0.29, 0.717) is 24.5 Å². The number of anilines is 1. The summed E-state index contributed by atoms with van der Waals surface area (Å²) in [4.78, 5) is 24.3. The third-order valence-corrected chi connectivity index (χ3v) is 15.3. The van der Waals surface area contributed by atoms with E-state index in [9.17, 15) is 9.18 Å². The number of carbonyl (C=O) groups excluding carboxylic acids is 1. The van der Waals surface area contributed by atoms with Crippen molar-refractivity contribution in [3.05, 3.63) is 35.8 Å². The Morgan fingerprint density at radius 3 is 2.43 bits per heavy atom. The summed E-state index contributed by atoms with van der Waals surface area (Å²) in [5.74, 6) is 0.784. The highest BCUT2D eigenvalue weighted by atomic mass is 28.4. The summed E-state index contributed by atoms with van der Waals surface area (Å²) in [5, 5.41) is 12.5. The first-order chi connectivity index (χ1) is 23.1. The van der Waals surface area contributed by atoms with Crippen LogP contribution in [-0.2, 0) is 4.43 Å². The van der Waals surface area contributed by atoms with Crippen LogP contribution in [0.4, 0.5) is 10.3 Å². The monoisotopic (exact) mass is 699 g/mol. The van der Waals surface area contributed by atoms with Gasteiger partial charge in [-0.1, -0.05) is 34.6 Å². The Labute approximate surface area is 295 Å². The average Bonchev–Trinajstić information content (AvgIpc) is 3.46. The number of ether oxygens (including phenoxy) is 1. The molecule has 1 N–H and O–H groups in total. The van der Waals surface area contributed by atoms with Crippen LogP contribution in [0.15, 0.2) is 24.4 Å². The normalized spacial score (nSPS) is 17.2. The van der Waals surface area contributed by atoms with Crippen molar-refractivity contribution in [2.45, 2.75) is 111 Å². The molecule has 2 aliphatic heterocycles. The van der Waals surface area contributed by atoms with Gasteiger partial charge >= 0.3 is 0 Å². The first kappa shape index (κ1) is 39.1. The zero-order chi connectivity index (χ0) is 36.0. The zero-order valence-corrected chi connectivity index (χ0v) is 32.8. The summed E-state index contributed by atoms with van der Waals surface area (Å²) < 4.78 is 26.4. The average molecular weight is 700 g/mol. The Kier molecular flexibility index (Phi) is 13.2. The fourth-order valence-electron chi connectivity index (χ4n) is 6.87. The van der Waals surface area contributed by atoms with Gasteiger partial charge in [0.15, 0.2) is 8.32 Å². The third kappa shape index (κ3) is 9.98. The van der Waals surface area contributed by atoms with E-state index in [1.165, 1.54) is 37.2 Å². The second-order valence-electron chi connectivity index (χ2n) is 16.3. The minimum atomic E-state index is -1.66. The van der Waals surface area contributed by atoms with Crippen molar-refractivity contribution < 1.29 is 18.3 Å². The number of nitrogens with zero attached hydrogens (tertiary/aromatic N) is 6. The van der Waals surface area contributed by atoms with Crippen molar-refractivity contribution in [3.8, 4) is 11.6 Å². The van der Waals surface area contributed by atoms with E-state index < -0.39 is 14.1 Å². The summed E-state index contributed by atoms with van der Waals surface area (Å²) in [6.07, 6.45) is 6.08. The van der Waals surface area contributed by atoms with Crippen LogP contribution in [0, 0.1) is 17.2 Å². The predicted molar refractivity (Wildman–Crippen MR) is 197 cm³/mol. The van der Waals surface area contributed by atoms with Gasteiger partial charge in [-0.15, -0.1) is 10.2 Å². The number of hydrogen-bond donors (Lipinski definition) is 1. The summed E-state index contributed by atoms with van der Waals surface area (Å²) in [6, 6.07) is 4.48. The van der Waals surface area contributed by atoms with Gasteiger partial charge in [0.2, 0.25) is 5.95 Å². The maximum absolute atomic E-state index is 14.1. The fourth-order valence-corrected chi connectivity index (χ4v) is 7.96. The van der Waals surface area contributed by atoms with E-state index in [2.05, 4.69) is 78.0 Å². The molecule has 0 radical (unpaired) electrons. The number of aromatic nitrogens is 3. The molecule has 0 saturated carbocycles. The Morgan fingerprint density at radius 2 is 1.82 bits per heavy atom. The topological polar surface area (TPSA) is 96.0 Å². The smallest absolute Gasteiger partial charge is 0.257 e. The van der Waals surface area contributed by atoms with Crippen molar-refractivity contribution in [3.63, 3.8) is 0 Å². The second-order valence-corrected chi connectivity index (χ2v) is 21.1. The summed E-state index contributed by atoms with van der Waals surface area (Å²) in [5.41, 5.74) is 0.412. The Bertz CT molecular complexity index is 1360. The molecule has 49 heavy (non-hydrogen) atoms. The highest BCUT2D eigenvalue weighted by Crippen LogP contribution is 2.43. The highest BCUT2D eigenvalue weighted by Gasteiger charge is 2.50. The molecule has 1 aromatic heterocycles. The van der Waals surface area contributed by atoms with Crippen LogP contribution in [0.5, 0.6) is 11.6 Å². The van der Waals surface area contributed by atoms with Crippen molar-refractivity contribution in [1.82, 2.24) is 30.3 Å². The molecule has 0 bridgehead atoms. The Balaban J connectivity index is 1.22. The lowest BCUT2D eigenvalue weighted by atomic mass is 9.76. The molecular formula is C37H62FN7O3Si. The van der Waals surface area contributed by atoms with E-state index >= 15 is 0 Å². The van der Waals surface area contributed by atoms with E-state index in [4.69, 9.17) is 9.16 Å². The van der Waals surface area contributed by atoms with Gasteiger partial charge in [-0.05, 0) is 102 Å². The zero-order valence-electron chi connectivity index (χ0n) is 31.8. The fraction of sp³-hybridized carbons (Fsp3) is 0.730. The molecule has 3 heterocycles. The third-order valence-electron chi connectivity index (χ3n) is 10.8. The molecule has 2 saturated heterocycles. The van der Waals surface area contributed by atoms with Crippen molar-refractivity contribution >= 4 is 20.2 Å². The molecule has 2 aromatic rings. The van der Waals surface area contributed by atoms with Gasteiger partial charge in [0.1, 0.15) is 11.6 Å². The SMILES string of the molecule is CCN(C(=O)c1cc(F)ccc1Oc1cnc(N2CCC3(C2)CN([C@H](CCCNCCCO[Si](C)(C)C(C)(C)C)C(C)C)C3)nn1)C(C)C. The van der Waals surface area contributed by atoms with Crippen LogP contribution >= 0.6 is 0 Å². The molecular weight excluding hydrogens is 638 g/mol. The molecule has 0 unspecified atom stereocenters. The summed E-state index contributed by atoms with van der Waals surface area (Å²) in [7, 11) is -1.66. The molecule has 10 nitrogen and oxygen atoms in total. The van der Waals surface area contributed by atoms with Crippen LogP contribution in [0.2, 0.25) is 18.1 Å². The standard InChI is InChI=1S/C37H62FN7O3Si/c1-11-45(28(4)5)34(46)30-22-29(38)15-16-32(30)48-33-23-40-35(42-41-33)43-20-17-37(24-43)25-44(26-37)31(27(2)3)14-12-18-39-19-13-21-47-49(9,10)36(6,7)8/h15-16,22-23,27-28,31,39H,11-14,17-21,24-26H2,1-10H3/t31-/m1/s1. The number of amides is 1. The van der Waals surface area contributed by atoms with Gasteiger partial charge in [-0.2, -0.15) is 0 Å². The second kappa shape index (κ2) is 16.6. The van der Waals surface area contributed by atoms with Crippen LogP contribution in [0.1, 0.15) is 91.4 Å². The lowest BCUT2D eigenvalue weighted by molar-refractivity contribution is -0.0339. The number of nitrogens with one attached hydrogen (secondary N) is 1. The molecule has 4 rings (SSSR count). The largest absolute Gasteiger partial charge is 0.436 e. The van der Waals surface area contributed by atoms with Gasteiger partial charge in [-0.25, -0.2) is 9.37 Å². The Morgan fingerprint density at radius 1 is 1.10 bits per heavy atom. The van der Waals surface area contributed by atoms with Crippen LogP contribution in [-0.4, -0.2) is 104 Å². The van der Waals surface area contributed by atoms with Gasteiger partial charge in [0.05, 0.1) is 11.8 Å². The van der Waals surface area contributed by atoms with E-state index in [1.807, 2.05) is 20.8 Å². The van der Waals surface area contributed by atoms with Crippen molar-refractivity contribution in [1.29, 1.82) is 0 Å². The highest BCUT2D eigenvalue weighted by molar-refractivity contribution is 6.74. The van der Waals surface area contributed by atoms with Crippen molar-refractivity contribution in [2.24, 2.45) is 11.3 Å². The maximum Gasteiger partial charge on any atom is 0.257 e. The summed E-state index contributed by atoms with van der Waals surface area (Å²) >= 11 is 0. The van der Waals surface area contributed by atoms with E-state index in [0.717, 1.165) is 58.7 Å². The molecule has 1 atom stereocenters. The number of rotatable bonds is 17. The number of carbonyl (C=O) groups is 1. The molecule has 1 aromatic carbocycles. The Hall–Kier alpha value is -2.67. The molecule has 12 heteroatoms. The minimum absolute atomic E-state index is 0.0342. The summed E-state index contributed by atoms with van der Waals surface area (Å²) in [6.45, 7) is 29.4. The van der Waals surface area contributed by atoms with Crippen molar-refractivity contribution in [2.75, 3.05) is 57.3 Å². The van der Waals surface area contributed by atoms with Gasteiger partial charge < -0.3 is 24.3 Å². The van der Waals surface area contributed by atoms with Crippen LogP contribution in [0.25, 0.3) is 0 Å². The van der Waals surface area contributed by atoms with Gasteiger partial charge in [0.25, 0.3) is 11.8 Å². The number of benzene rings is 1. The lowest BCUT2D eigenvalue weighted by Crippen LogP contribution is -2.62. The first-order valence-electron chi connectivity index (χ1n) is 18.4. The van der Waals surface area contributed by atoms with Gasteiger partial charge in [0, 0.05) is 56.8 Å². The first-order valence-corrected chi connectivity index (χ1v) is 21.3. The predicted octanol–water partition coefficient (Wildman–Crippen LogP) is 6.99. The molecule has 274 valence electrons. The van der Waals surface area contributed by atoms with Crippen LogP contribution in [0.3, 0.4) is 0 Å². The number of likely N-dealkylation sites (tertiary alicyclic amines) is 1. The molecule has 1 spiro atoms. The van der Waals surface area contributed by atoms with Gasteiger partial charge in [-0.3, -0.25) is 9.69 Å². The molecule has 2 aliphatic rings. The molecule has 2 fully saturated rings.